The van der Waals surface area contributed by atoms with Crippen LogP contribution in [0.3, 0.4) is 0 Å². The van der Waals surface area contributed by atoms with Crippen LogP contribution in [0, 0.1) is 0 Å². The molecule has 124 valence electrons. The van der Waals surface area contributed by atoms with Gasteiger partial charge in [0.2, 0.25) is 23.8 Å². The second-order valence-corrected chi connectivity index (χ2v) is 5.13. The predicted octanol–water partition coefficient (Wildman–Crippen LogP) is -1.33. The molecule has 0 amide bonds. The van der Waals surface area contributed by atoms with E-state index in [-0.39, 0.29) is 29.8 Å². The summed E-state index contributed by atoms with van der Waals surface area (Å²) in [5.74, 6) is 1.60. The van der Waals surface area contributed by atoms with Crippen molar-refractivity contribution in [1.29, 1.82) is 0 Å². The highest BCUT2D eigenvalue weighted by Gasteiger charge is 2.08. The lowest BCUT2D eigenvalue weighted by Crippen LogP contribution is -2.21. The molecular weight excluding hydrogens is 298 g/mol. The standard InChI is InChI=1S/C12H21N11/c13-6(4-5-8-20-11(16)23-12(17)21-8)2-1-3-7-18-9(14)22-10(15)19-7/h6H,1-5,13H2,(H4,14,15,18,19,22)(H4,16,17,20,21,23). The van der Waals surface area contributed by atoms with Gasteiger partial charge in [-0.15, -0.1) is 0 Å². The lowest BCUT2D eigenvalue weighted by Gasteiger charge is -2.10. The zero-order valence-electron chi connectivity index (χ0n) is 12.7. The predicted molar refractivity (Wildman–Crippen MR) is 86.5 cm³/mol. The highest BCUT2D eigenvalue weighted by atomic mass is 15.1. The van der Waals surface area contributed by atoms with Gasteiger partial charge < -0.3 is 28.7 Å². The largest absolute Gasteiger partial charge is 0.368 e. The number of rotatable bonds is 7. The molecule has 2 heterocycles. The first-order valence-corrected chi connectivity index (χ1v) is 7.19. The number of hydrogen-bond donors (Lipinski definition) is 5. The van der Waals surface area contributed by atoms with Crippen LogP contribution in [0.4, 0.5) is 23.8 Å². The van der Waals surface area contributed by atoms with E-state index in [4.69, 9.17) is 28.7 Å². The molecule has 2 aromatic heterocycles. The zero-order valence-corrected chi connectivity index (χ0v) is 12.7. The summed E-state index contributed by atoms with van der Waals surface area (Å²) < 4.78 is 0. The van der Waals surface area contributed by atoms with Gasteiger partial charge in [-0.2, -0.15) is 29.9 Å². The van der Waals surface area contributed by atoms with Gasteiger partial charge in [-0.25, -0.2) is 0 Å². The minimum absolute atomic E-state index is 0.00857. The summed E-state index contributed by atoms with van der Waals surface area (Å²) in [5, 5.41) is 0. The van der Waals surface area contributed by atoms with Crippen LogP contribution in [0.15, 0.2) is 0 Å². The fourth-order valence-corrected chi connectivity index (χ4v) is 2.12. The van der Waals surface area contributed by atoms with Crippen molar-refractivity contribution in [3.05, 3.63) is 11.6 Å². The Morgan fingerprint density at radius 2 is 1.04 bits per heavy atom. The third-order valence-corrected chi connectivity index (χ3v) is 3.15. The fourth-order valence-electron chi connectivity index (χ4n) is 2.12. The maximum absolute atomic E-state index is 6.09. The van der Waals surface area contributed by atoms with Crippen molar-refractivity contribution in [1.82, 2.24) is 29.9 Å². The average Bonchev–Trinajstić information content (AvgIpc) is 2.43. The molecule has 11 nitrogen and oxygen atoms in total. The molecule has 0 saturated carbocycles. The van der Waals surface area contributed by atoms with E-state index in [9.17, 15) is 0 Å². The SMILES string of the molecule is Nc1nc(N)nc(CCCC(N)CCc2nc(N)nc(N)n2)n1. The highest BCUT2D eigenvalue weighted by molar-refractivity contribution is 5.26. The second-order valence-electron chi connectivity index (χ2n) is 5.13. The molecule has 2 aromatic rings. The van der Waals surface area contributed by atoms with Gasteiger partial charge in [-0.1, -0.05) is 0 Å². The molecular formula is C12H21N11. The van der Waals surface area contributed by atoms with Gasteiger partial charge >= 0.3 is 0 Å². The number of aromatic nitrogens is 6. The molecule has 0 aliphatic heterocycles. The number of nitrogen functional groups attached to an aromatic ring is 4. The number of anilines is 4. The molecule has 0 spiro atoms. The topological polar surface area (TPSA) is 207 Å². The molecule has 0 aliphatic rings. The fraction of sp³-hybridized carbons (Fsp3) is 0.500. The minimum atomic E-state index is -0.00857. The maximum atomic E-state index is 6.09. The van der Waals surface area contributed by atoms with Crippen LogP contribution >= 0.6 is 0 Å². The Morgan fingerprint density at radius 3 is 1.52 bits per heavy atom. The average molecular weight is 319 g/mol. The van der Waals surface area contributed by atoms with E-state index in [1.807, 2.05) is 0 Å². The van der Waals surface area contributed by atoms with Crippen LogP contribution in [0.2, 0.25) is 0 Å². The first-order valence-electron chi connectivity index (χ1n) is 7.19. The smallest absolute Gasteiger partial charge is 0.225 e. The van der Waals surface area contributed by atoms with Crippen molar-refractivity contribution in [3.63, 3.8) is 0 Å². The number of hydrogen-bond acceptors (Lipinski definition) is 11. The summed E-state index contributed by atoms with van der Waals surface area (Å²) in [6.45, 7) is 0. The summed E-state index contributed by atoms with van der Waals surface area (Å²) in [5.41, 5.74) is 28.2. The maximum Gasteiger partial charge on any atom is 0.225 e. The summed E-state index contributed by atoms with van der Waals surface area (Å²) in [7, 11) is 0. The van der Waals surface area contributed by atoms with Crippen LogP contribution in [0.1, 0.15) is 30.9 Å². The van der Waals surface area contributed by atoms with Crippen LogP contribution in [0.25, 0.3) is 0 Å². The monoisotopic (exact) mass is 319 g/mol. The van der Waals surface area contributed by atoms with Gasteiger partial charge in [0.15, 0.2) is 0 Å². The molecule has 0 saturated heterocycles. The first kappa shape index (κ1) is 16.5. The van der Waals surface area contributed by atoms with E-state index in [2.05, 4.69) is 29.9 Å². The first-order chi connectivity index (χ1) is 10.9. The van der Waals surface area contributed by atoms with Gasteiger partial charge in [0, 0.05) is 18.9 Å². The Balaban J connectivity index is 1.75. The molecule has 0 aromatic carbocycles. The van der Waals surface area contributed by atoms with E-state index in [1.165, 1.54) is 0 Å². The summed E-state index contributed by atoms with van der Waals surface area (Å²) in [6, 6.07) is -0.00857. The van der Waals surface area contributed by atoms with E-state index in [0.717, 1.165) is 12.8 Å². The van der Waals surface area contributed by atoms with Gasteiger partial charge in [-0.3, -0.25) is 0 Å². The Labute approximate surface area is 133 Å². The number of nitrogens with two attached hydrogens (primary N) is 5. The van der Waals surface area contributed by atoms with Crippen molar-refractivity contribution >= 4 is 23.8 Å². The molecule has 0 fully saturated rings. The molecule has 11 heteroatoms. The third kappa shape index (κ3) is 5.47. The van der Waals surface area contributed by atoms with Crippen LogP contribution in [0.5, 0.6) is 0 Å². The summed E-state index contributed by atoms with van der Waals surface area (Å²) in [4.78, 5) is 23.5. The molecule has 1 unspecified atom stereocenters. The number of aryl methyl sites for hydroxylation is 2. The molecule has 23 heavy (non-hydrogen) atoms. The van der Waals surface area contributed by atoms with Crippen molar-refractivity contribution in [2.75, 3.05) is 22.9 Å². The lowest BCUT2D eigenvalue weighted by molar-refractivity contribution is 0.534. The van der Waals surface area contributed by atoms with Gasteiger partial charge in [0.25, 0.3) is 0 Å². The van der Waals surface area contributed by atoms with E-state index < -0.39 is 0 Å². The van der Waals surface area contributed by atoms with Crippen molar-refractivity contribution < 1.29 is 0 Å². The molecule has 1 atom stereocenters. The second kappa shape index (κ2) is 7.45. The lowest BCUT2D eigenvalue weighted by atomic mass is 10.1. The number of nitrogens with zero attached hydrogens (tertiary/aromatic N) is 6. The Morgan fingerprint density at radius 1 is 0.609 bits per heavy atom. The van der Waals surface area contributed by atoms with Crippen LogP contribution < -0.4 is 28.7 Å². The minimum Gasteiger partial charge on any atom is -0.368 e. The normalized spacial score (nSPS) is 12.2. The molecule has 0 aliphatic carbocycles. The Bertz CT molecular complexity index is 619. The Hall–Kier alpha value is -2.82. The van der Waals surface area contributed by atoms with E-state index >= 15 is 0 Å². The highest BCUT2D eigenvalue weighted by Crippen LogP contribution is 2.09. The van der Waals surface area contributed by atoms with Gasteiger partial charge in [0.05, 0.1) is 0 Å². The quantitative estimate of drug-likeness (QED) is 0.403. The third-order valence-electron chi connectivity index (χ3n) is 3.15. The van der Waals surface area contributed by atoms with E-state index in [0.29, 0.717) is 30.9 Å². The van der Waals surface area contributed by atoms with Crippen LogP contribution in [-0.4, -0.2) is 35.9 Å². The van der Waals surface area contributed by atoms with Crippen LogP contribution in [-0.2, 0) is 12.8 Å². The summed E-state index contributed by atoms with van der Waals surface area (Å²) in [6.07, 6.45) is 3.54. The molecule has 0 radical (unpaired) electrons. The summed E-state index contributed by atoms with van der Waals surface area (Å²) >= 11 is 0. The zero-order chi connectivity index (χ0) is 16.8. The van der Waals surface area contributed by atoms with Crippen molar-refractivity contribution in [2.45, 2.75) is 38.1 Å². The van der Waals surface area contributed by atoms with Crippen molar-refractivity contribution in [3.8, 4) is 0 Å². The van der Waals surface area contributed by atoms with E-state index in [1.54, 1.807) is 0 Å². The van der Waals surface area contributed by atoms with Crippen molar-refractivity contribution in [2.24, 2.45) is 5.73 Å². The molecule has 0 bridgehead atoms. The molecule has 10 N–H and O–H groups in total. The Kier molecular flexibility index (Phi) is 5.36. The molecule has 2 rings (SSSR count). The van der Waals surface area contributed by atoms with Gasteiger partial charge in [-0.05, 0) is 19.3 Å². The van der Waals surface area contributed by atoms with Gasteiger partial charge in [0.1, 0.15) is 11.6 Å².